The second-order valence-electron chi connectivity index (χ2n) is 6.20. The van der Waals surface area contributed by atoms with Crippen molar-refractivity contribution < 1.29 is 9.53 Å². The van der Waals surface area contributed by atoms with Gasteiger partial charge in [0.1, 0.15) is 15.7 Å². The highest BCUT2D eigenvalue weighted by Gasteiger charge is 2.39. The Labute approximate surface area is 173 Å². The van der Waals surface area contributed by atoms with E-state index in [2.05, 4.69) is 17.9 Å². The molecule has 1 saturated heterocycles. The Hall–Kier alpha value is -2.38. The number of aliphatic imine (C=N–C) groups is 1. The maximum Gasteiger partial charge on any atom is 0.269 e. The maximum absolute atomic E-state index is 13.2. The quantitative estimate of drug-likeness (QED) is 0.657. The van der Waals surface area contributed by atoms with Crippen molar-refractivity contribution in [1.82, 2.24) is 4.90 Å². The van der Waals surface area contributed by atoms with Gasteiger partial charge in [0.05, 0.1) is 18.5 Å². The molecule has 144 valence electrons. The van der Waals surface area contributed by atoms with Gasteiger partial charge in [-0.15, -0.1) is 0 Å². The summed E-state index contributed by atoms with van der Waals surface area (Å²) in [6.07, 6.45) is 0. The van der Waals surface area contributed by atoms with Gasteiger partial charge in [0, 0.05) is 24.1 Å². The molecule has 0 aliphatic carbocycles. The molecule has 2 aromatic carbocycles. The normalized spacial score (nSPS) is 20.2. The van der Waals surface area contributed by atoms with Crippen LogP contribution in [0.25, 0.3) is 0 Å². The third-order valence-electron chi connectivity index (χ3n) is 4.58. The van der Waals surface area contributed by atoms with Gasteiger partial charge in [-0.3, -0.25) is 9.69 Å². The van der Waals surface area contributed by atoms with E-state index in [9.17, 15) is 4.79 Å². The van der Waals surface area contributed by atoms with Crippen LogP contribution in [0.2, 0.25) is 0 Å². The number of rotatable bonds is 4. The van der Waals surface area contributed by atoms with Gasteiger partial charge in [0.2, 0.25) is 0 Å². The summed E-state index contributed by atoms with van der Waals surface area (Å²) < 4.78 is 5.38. The van der Waals surface area contributed by atoms with Crippen LogP contribution in [0.15, 0.2) is 68.4 Å². The number of thioether (sulfide) groups is 2. The first kappa shape index (κ1) is 19.0. The highest BCUT2D eigenvalue weighted by Crippen LogP contribution is 2.51. The molecule has 2 heterocycles. The molecule has 0 spiro atoms. The molecule has 28 heavy (non-hydrogen) atoms. The molecular formula is C21H21N3O2S2. The summed E-state index contributed by atoms with van der Waals surface area (Å²) in [5, 5.41) is 1.70. The number of carbonyl (C=O) groups is 1. The van der Waals surface area contributed by atoms with Crippen LogP contribution in [0, 0.1) is 0 Å². The third-order valence-corrected chi connectivity index (χ3v) is 6.96. The molecular weight excluding hydrogens is 390 g/mol. The Kier molecular flexibility index (Phi) is 5.37. The summed E-state index contributed by atoms with van der Waals surface area (Å²) >= 11 is 3.09. The highest BCUT2D eigenvalue weighted by atomic mass is 32.2. The molecule has 7 heteroatoms. The molecule has 1 amide bonds. The number of hydrogen-bond acceptors (Lipinski definition) is 6. The van der Waals surface area contributed by atoms with E-state index in [1.54, 1.807) is 23.8 Å². The molecule has 0 saturated carbocycles. The fourth-order valence-electron chi connectivity index (χ4n) is 3.18. The fourth-order valence-corrected chi connectivity index (χ4v) is 5.62. The SMILES string of the molecule is CCN1C(=O)C(=C2Sc3ccc(OC)cc3N2CC)SC1=Nc1ccccc1. The molecule has 0 atom stereocenters. The van der Waals surface area contributed by atoms with Crippen molar-refractivity contribution in [2.24, 2.45) is 4.99 Å². The lowest BCUT2D eigenvalue weighted by Gasteiger charge is -2.19. The number of ether oxygens (including phenoxy) is 1. The number of methoxy groups -OCH3 is 1. The van der Waals surface area contributed by atoms with Crippen molar-refractivity contribution in [3.8, 4) is 5.75 Å². The molecule has 4 rings (SSSR count). The van der Waals surface area contributed by atoms with E-state index < -0.39 is 0 Å². The van der Waals surface area contributed by atoms with Crippen molar-refractivity contribution in [2.45, 2.75) is 18.7 Å². The summed E-state index contributed by atoms with van der Waals surface area (Å²) in [6.45, 7) is 5.44. The number of carbonyl (C=O) groups excluding carboxylic acids is 1. The predicted octanol–water partition coefficient (Wildman–Crippen LogP) is 5.08. The lowest BCUT2D eigenvalue weighted by atomic mass is 10.2. The van der Waals surface area contributed by atoms with Crippen LogP contribution < -0.4 is 9.64 Å². The smallest absolute Gasteiger partial charge is 0.269 e. The number of nitrogens with zero attached hydrogens (tertiary/aromatic N) is 3. The van der Waals surface area contributed by atoms with E-state index in [-0.39, 0.29) is 5.91 Å². The Balaban J connectivity index is 1.74. The van der Waals surface area contributed by atoms with Gasteiger partial charge < -0.3 is 9.64 Å². The number of likely N-dealkylation sites (N-methyl/N-ethyl adjacent to an activating group) is 1. The zero-order chi connectivity index (χ0) is 19.7. The molecule has 0 aromatic heterocycles. The third kappa shape index (κ3) is 3.29. The topological polar surface area (TPSA) is 45.1 Å². The van der Waals surface area contributed by atoms with E-state index >= 15 is 0 Å². The van der Waals surface area contributed by atoms with Crippen molar-refractivity contribution >= 4 is 46.0 Å². The van der Waals surface area contributed by atoms with Gasteiger partial charge in [-0.2, -0.15) is 0 Å². The summed E-state index contributed by atoms with van der Waals surface area (Å²) in [7, 11) is 1.67. The Morgan fingerprint density at radius 3 is 2.43 bits per heavy atom. The molecule has 0 bridgehead atoms. The van der Waals surface area contributed by atoms with Crippen LogP contribution in [0.3, 0.4) is 0 Å². The first-order valence-corrected chi connectivity index (χ1v) is 10.8. The van der Waals surface area contributed by atoms with Crippen LogP contribution in [-0.2, 0) is 4.79 Å². The second-order valence-corrected chi connectivity index (χ2v) is 8.20. The molecule has 0 radical (unpaired) electrons. The lowest BCUT2D eigenvalue weighted by molar-refractivity contribution is -0.122. The minimum Gasteiger partial charge on any atom is -0.497 e. The molecule has 2 aromatic rings. The number of amides is 1. The van der Waals surface area contributed by atoms with E-state index in [4.69, 9.17) is 9.73 Å². The Bertz CT molecular complexity index is 973. The zero-order valence-corrected chi connectivity index (χ0v) is 17.6. The van der Waals surface area contributed by atoms with E-state index in [1.807, 2.05) is 49.4 Å². The van der Waals surface area contributed by atoms with Crippen LogP contribution in [0.5, 0.6) is 5.75 Å². The molecule has 2 aliphatic heterocycles. The zero-order valence-electron chi connectivity index (χ0n) is 16.0. The summed E-state index contributed by atoms with van der Waals surface area (Å²) in [6, 6.07) is 15.8. The van der Waals surface area contributed by atoms with Crippen LogP contribution >= 0.6 is 23.5 Å². The molecule has 0 unspecified atom stereocenters. The van der Waals surface area contributed by atoms with Gasteiger partial charge >= 0.3 is 0 Å². The van der Waals surface area contributed by atoms with Gasteiger partial charge in [-0.1, -0.05) is 30.0 Å². The number of hydrogen-bond donors (Lipinski definition) is 0. The summed E-state index contributed by atoms with van der Waals surface area (Å²) in [5.74, 6) is 0.832. The summed E-state index contributed by atoms with van der Waals surface area (Å²) in [4.78, 5) is 23.7. The van der Waals surface area contributed by atoms with Gasteiger partial charge in [-0.25, -0.2) is 4.99 Å². The van der Waals surface area contributed by atoms with Crippen LogP contribution in [0.4, 0.5) is 11.4 Å². The Morgan fingerprint density at radius 1 is 1.00 bits per heavy atom. The lowest BCUT2D eigenvalue weighted by Crippen LogP contribution is -2.29. The molecule has 5 nitrogen and oxygen atoms in total. The van der Waals surface area contributed by atoms with E-state index in [0.717, 1.165) is 43.7 Å². The van der Waals surface area contributed by atoms with E-state index in [1.165, 1.54) is 11.8 Å². The highest BCUT2D eigenvalue weighted by molar-refractivity contribution is 8.19. The molecule has 1 fully saturated rings. The predicted molar refractivity (Wildman–Crippen MR) is 117 cm³/mol. The Morgan fingerprint density at radius 2 is 1.75 bits per heavy atom. The van der Waals surface area contributed by atoms with Crippen molar-refractivity contribution in [3.63, 3.8) is 0 Å². The number of anilines is 1. The number of benzene rings is 2. The minimum atomic E-state index is 0.0166. The molecule has 0 N–H and O–H groups in total. The van der Waals surface area contributed by atoms with E-state index in [0.29, 0.717) is 6.54 Å². The average molecular weight is 412 g/mol. The first-order valence-electron chi connectivity index (χ1n) is 9.17. The standard InChI is InChI=1S/C21H21N3O2S2/c1-4-23-16-13-15(26-3)11-12-17(16)27-20(23)18-19(25)24(5-2)21(28-18)22-14-9-7-6-8-10-14/h6-13H,4-5H2,1-3H3. The van der Waals surface area contributed by atoms with Gasteiger partial charge in [0.25, 0.3) is 5.91 Å². The van der Waals surface area contributed by atoms with Crippen molar-refractivity contribution in [2.75, 3.05) is 25.1 Å². The minimum absolute atomic E-state index is 0.0166. The maximum atomic E-state index is 13.2. The largest absolute Gasteiger partial charge is 0.497 e. The van der Waals surface area contributed by atoms with Crippen LogP contribution in [0.1, 0.15) is 13.8 Å². The van der Waals surface area contributed by atoms with Gasteiger partial charge in [-0.05, 0) is 49.9 Å². The van der Waals surface area contributed by atoms with Gasteiger partial charge in [0.15, 0.2) is 5.17 Å². The molecule has 2 aliphatic rings. The number of amidine groups is 1. The number of para-hydroxylation sites is 1. The average Bonchev–Trinajstić information content (AvgIpc) is 3.24. The first-order chi connectivity index (χ1) is 13.7. The second kappa shape index (κ2) is 7.93. The van der Waals surface area contributed by atoms with Crippen molar-refractivity contribution in [3.05, 3.63) is 58.5 Å². The summed E-state index contributed by atoms with van der Waals surface area (Å²) in [5.41, 5.74) is 1.93. The number of fused-ring (bicyclic) bond motifs is 1. The monoisotopic (exact) mass is 411 g/mol. The van der Waals surface area contributed by atoms with Crippen LogP contribution in [-0.4, -0.2) is 36.2 Å². The fraction of sp³-hybridized carbons (Fsp3) is 0.238. The van der Waals surface area contributed by atoms with Crippen molar-refractivity contribution in [1.29, 1.82) is 0 Å².